The molecule has 3 aromatic rings. The van der Waals surface area contributed by atoms with Gasteiger partial charge in [0.15, 0.2) is 11.5 Å². The van der Waals surface area contributed by atoms with E-state index in [-0.39, 0.29) is 11.9 Å². The van der Waals surface area contributed by atoms with Crippen molar-refractivity contribution in [3.63, 3.8) is 0 Å². The number of hydrogen-bond acceptors (Lipinski definition) is 4. The summed E-state index contributed by atoms with van der Waals surface area (Å²) in [6.07, 6.45) is 0.919. The molecule has 0 aliphatic carbocycles. The summed E-state index contributed by atoms with van der Waals surface area (Å²) in [5, 5.41) is 7.57. The van der Waals surface area contributed by atoms with E-state index in [1.807, 2.05) is 23.1 Å². The zero-order chi connectivity index (χ0) is 22.8. The van der Waals surface area contributed by atoms with Crippen LogP contribution < -0.4 is 9.47 Å². The van der Waals surface area contributed by atoms with Gasteiger partial charge in [0.1, 0.15) is 5.69 Å². The van der Waals surface area contributed by atoms with Crippen LogP contribution in [0.25, 0.3) is 11.3 Å². The second-order valence-corrected chi connectivity index (χ2v) is 8.74. The second-order valence-electron chi connectivity index (χ2n) is 8.74. The Morgan fingerprint density at radius 1 is 1.12 bits per heavy atom. The summed E-state index contributed by atoms with van der Waals surface area (Å²) in [4.78, 5) is 15.3. The van der Waals surface area contributed by atoms with Crippen molar-refractivity contribution in [3.8, 4) is 22.8 Å². The van der Waals surface area contributed by atoms with Crippen molar-refractivity contribution in [2.45, 2.75) is 40.2 Å². The quantitative estimate of drug-likeness (QED) is 0.518. The van der Waals surface area contributed by atoms with Crippen LogP contribution in [0.5, 0.6) is 11.5 Å². The monoisotopic (exact) mass is 433 g/mol. The maximum Gasteiger partial charge on any atom is 0.273 e. The third-order valence-corrected chi connectivity index (χ3v) is 5.72. The van der Waals surface area contributed by atoms with Crippen molar-refractivity contribution < 1.29 is 14.3 Å². The zero-order valence-corrected chi connectivity index (χ0v) is 19.4. The van der Waals surface area contributed by atoms with E-state index < -0.39 is 0 Å². The molecule has 32 heavy (non-hydrogen) atoms. The number of methoxy groups -OCH3 is 1. The smallest absolute Gasteiger partial charge is 0.273 e. The number of nitrogens with zero attached hydrogens (tertiary/aromatic N) is 2. The summed E-state index contributed by atoms with van der Waals surface area (Å²) in [6, 6.07) is 13.9. The lowest BCUT2D eigenvalue weighted by Gasteiger charge is -2.28. The molecule has 2 aromatic carbocycles. The second kappa shape index (κ2) is 9.07. The third-order valence-electron chi connectivity index (χ3n) is 5.72. The number of benzene rings is 2. The van der Waals surface area contributed by atoms with E-state index >= 15 is 0 Å². The summed E-state index contributed by atoms with van der Waals surface area (Å²) in [5.74, 6) is 1.69. The van der Waals surface area contributed by atoms with E-state index in [1.165, 1.54) is 5.56 Å². The summed E-state index contributed by atoms with van der Waals surface area (Å²) in [6.45, 7) is 9.65. The van der Waals surface area contributed by atoms with Crippen molar-refractivity contribution in [3.05, 3.63) is 64.8 Å². The number of aromatic amines is 1. The van der Waals surface area contributed by atoms with Crippen LogP contribution >= 0.6 is 0 Å². The molecule has 1 unspecified atom stereocenters. The minimum absolute atomic E-state index is 0.0187. The average molecular weight is 434 g/mol. The molecule has 2 heterocycles. The molecule has 0 fully saturated rings. The van der Waals surface area contributed by atoms with Crippen LogP contribution in [0, 0.1) is 12.8 Å². The maximum atomic E-state index is 13.4. The molecule has 1 atom stereocenters. The lowest BCUT2D eigenvalue weighted by molar-refractivity contribution is 0.0722. The van der Waals surface area contributed by atoms with Gasteiger partial charge in [0.05, 0.1) is 25.5 Å². The normalized spacial score (nSPS) is 15.4. The standard InChI is InChI=1S/C26H31N3O3/c1-6-13-32-20-12-11-19(14-21(20)31-5)25-22-23(18-9-7-17(4)8-10-18)27-28-24(22)26(30)29(25)15-16(2)3/h7-12,14,16,25H,6,13,15H2,1-5H3,(H,27,28). The predicted molar refractivity (Wildman–Crippen MR) is 125 cm³/mol. The van der Waals surface area contributed by atoms with Gasteiger partial charge in [-0.05, 0) is 37.0 Å². The Bertz CT molecular complexity index is 1100. The Labute approximate surface area is 189 Å². The highest BCUT2D eigenvalue weighted by Gasteiger charge is 2.42. The number of fused-ring (bicyclic) bond motifs is 1. The molecule has 1 N–H and O–H groups in total. The van der Waals surface area contributed by atoms with E-state index in [1.54, 1.807) is 7.11 Å². The lowest BCUT2D eigenvalue weighted by Crippen LogP contribution is -2.32. The number of amides is 1. The Balaban J connectivity index is 1.83. The average Bonchev–Trinajstić information content (AvgIpc) is 3.32. The SMILES string of the molecule is CCCOc1ccc(C2c3c(-c4ccc(C)cc4)n[nH]c3C(=O)N2CC(C)C)cc1OC. The number of aromatic nitrogens is 2. The van der Waals surface area contributed by atoms with Gasteiger partial charge in [0.25, 0.3) is 5.91 Å². The van der Waals surface area contributed by atoms with E-state index in [0.29, 0.717) is 36.3 Å². The van der Waals surface area contributed by atoms with Crippen molar-refractivity contribution in [1.29, 1.82) is 0 Å². The first-order valence-corrected chi connectivity index (χ1v) is 11.2. The highest BCUT2D eigenvalue weighted by molar-refractivity contribution is 6.00. The van der Waals surface area contributed by atoms with Gasteiger partial charge in [-0.3, -0.25) is 9.89 Å². The van der Waals surface area contributed by atoms with Gasteiger partial charge < -0.3 is 14.4 Å². The largest absolute Gasteiger partial charge is 0.493 e. The molecule has 1 aliphatic rings. The molecule has 0 saturated heterocycles. The molecule has 0 saturated carbocycles. The predicted octanol–water partition coefficient (Wildman–Crippen LogP) is 5.38. The Kier molecular flexibility index (Phi) is 6.21. The summed E-state index contributed by atoms with van der Waals surface area (Å²) >= 11 is 0. The number of nitrogens with one attached hydrogen (secondary N) is 1. The highest BCUT2D eigenvalue weighted by atomic mass is 16.5. The van der Waals surface area contributed by atoms with Crippen LogP contribution in [0.1, 0.15) is 60.4 Å². The van der Waals surface area contributed by atoms with Crippen LogP contribution in [-0.4, -0.2) is 41.3 Å². The number of H-pyrrole nitrogens is 1. The Hall–Kier alpha value is -3.28. The molecule has 6 nitrogen and oxygen atoms in total. The van der Waals surface area contributed by atoms with Gasteiger partial charge in [0, 0.05) is 17.7 Å². The molecular weight excluding hydrogens is 402 g/mol. The van der Waals surface area contributed by atoms with Gasteiger partial charge in [-0.1, -0.05) is 56.7 Å². The molecule has 0 spiro atoms. The van der Waals surface area contributed by atoms with Crippen molar-refractivity contribution in [2.75, 3.05) is 20.3 Å². The van der Waals surface area contributed by atoms with Gasteiger partial charge in [-0.25, -0.2) is 0 Å². The molecule has 4 rings (SSSR count). The number of rotatable bonds is 8. The number of hydrogen-bond donors (Lipinski definition) is 1. The zero-order valence-electron chi connectivity index (χ0n) is 19.4. The summed E-state index contributed by atoms with van der Waals surface area (Å²) in [7, 11) is 1.64. The van der Waals surface area contributed by atoms with Crippen LogP contribution in [-0.2, 0) is 0 Å². The first-order valence-electron chi connectivity index (χ1n) is 11.2. The molecule has 1 amide bonds. The van der Waals surface area contributed by atoms with Crippen LogP contribution in [0.15, 0.2) is 42.5 Å². The topological polar surface area (TPSA) is 67.5 Å². The van der Waals surface area contributed by atoms with Gasteiger partial charge in [-0.15, -0.1) is 0 Å². The van der Waals surface area contributed by atoms with Gasteiger partial charge >= 0.3 is 0 Å². The maximum absolute atomic E-state index is 13.4. The highest BCUT2D eigenvalue weighted by Crippen LogP contribution is 2.44. The minimum Gasteiger partial charge on any atom is -0.493 e. The van der Waals surface area contributed by atoms with Crippen LogP contribution in [0.2, 0.25) is 0 Å². The third kappa shape index (κ3) is 3.97. The molecule has 168 valence electrons. The molecule has 1 aromatic heterocycles. The number of aryl methyl sites for hydroxylation is 1. The molecule has 0 radical (unpaired) electrons. The molecule has 0 bridgehead atoms. The number of carbonyl (C=O) groups is 1. The molecular formula is C26H31N3O3. The Morgan fingerprint density at radius 3 is 2.53 bits per heavy atom. The Morgan fingerprint density at radius 2 is 1.88 bits per heavy atom. The van der Waals surface area contributed by atoms with Crippen molar-refractivity contribution in [2.24, 2.45) is 5.92 Å². The van der Waals surface area contributed by atoms with E-state index in [2.05, 4.69) is 62.2 Å². The number of ether oxygens (including phenoxy) is 2. The lowest BCUT2D eigenvalue weighted by atomic mass is 9.95. The van der Waals surface area contributed by atoms with Crippen LogP contribution in [0.4, 0.5) is 0 Å². The fourth-order valence-electron chi connectivity index (χ4n) is 4.24. The first kappa shape index (κ1) is 21.9. The number of carbonyl (C=O) groups excluding carboxylic acids is 1. The first-order chi connectivity index (χ1) is 15.4. The van der Waals surface area contributed by atoms with E-state index in [0.717, 1.165) is 28.8 Å². The summed E-state index contributed by atoms with van der Waals surface area (Å²) in [5.41, 5.74) is 5.46. The minimum atomic E-state index is -0.246. The fraction of sp³-hybridized carbons (Fsp3) is 0.385. The molecule has 6 heteroatoms. The van der Waals surface area contributed by atoms with Gasteiger partial charge in [-0.2, -0.15) is 5.10 Å². The van der Waals surface area contributed by atoms with Crippen molar-refractivity contribution in [1.82, 2.24) is 15.1 Å². The van der Waals surface area contributed by atoms with Gasteiger partial charge in [0.2, 0.25) is 0 Å². The van der Waals surface area contributed by atoms with E-state index in [4.69, 9.17) is 9.47 Å². The van der Waals surface area contributed by atoms with Crippen LogP contribution in [0.3, 0.4) is 0 Å². The van der Waals surface area contributed by atoms with Crippen molar-refractivity contribution >= 4 is 5.91 Å². The van der Waals surface area contributed by atoms with E-state index in [9.17, 15) is 4.79 Å². The summed E-state index contributed by atoms with van der Waals surface area (Å²) < 4.78 is 11.5. The fourth-order valence-corrected chi connectivity index (χ4v) is 4.24. The molecule has 1 aliphatic heterocycles.